The number of hydrogen-bond acceptors (Lipinski definition) is 3. The van der Waals surface area contributed by atoms with Crippen LogP contribution in [0.5, 0.6) is 0 Å². The normalized spacial score (nSPS) is 22.0. The summed E-state index contributed by atoms with van der Waals surface area (Å²) in [5.41, 5.74) is 0.763. The molecule has 1 aromatic rings. The van der Waals surface area contributed by atoms with Crippen molar-refractivity contribution in [3.8, 4) is 0 Å². The maximum Gasteiger partial charge on any atom is 0.151 e. The molecule has 1 aliphatic rings. The lowest BCUT2D eigenvalue weighted by Crippen LogP contribution is -2.18. The lowest BCUT2D eigenvalue weighted by molar-refractivity contribution is -0.121. The molecule has 0 radical (unpaired) electrons. The smallest absolute Gasteiger partial charge is 0.151 e. The summed E-state index contributed by atoms with van der Waals surface area (Å²) in [5.74, 6) is -0.322. The van der Waals surface area contributed by atoms with Gasteiger partial charge in [-0.1, -0.05) is 29.3 Å². The molecule has 18 heavy (non-hydrogen) atoms. The van der Waals surface area contributed by atoms with Crippen LogP contribution < -0.4 is 0 Å². The van der Waals surface area contributed by atoms with Crippen molar-refractivity contribution in [1.82, 2.24) is 0 Å². The molecule has 1 unspecified atom stereocenters. The molecule has 98 valence electrons. The molecule has 1 aromatic carbocycles. The van der Waals surface area contributed by atoms with E-state index in [1.54, 1.807) is 18.2 Å². The number of benzene rings is 1. The van der Waals surface area contributed by atoms with Crippen molar-refractivity contribution in [2.24, 2.45) is 5.92 Å². The van der Waals surface area contributed by atoms with Gasteiger partial charge in [-0.2, -0.15) is 0 Å². The van der Waals surface area contributed by atoms with Gasteiger partial charge in [0.15, 0.2) is 9.84 Å². The van der Waals surface area contributed by atoms with Gasteiger partial charge in [0.1, 0.15) is 5.78 Å². The third-order valence-electron chi connectivity index (χ3n) is 3.05. The van der Waals surface area contributed by atoms with Crippen molar-refractivity contribution in [2.45, 2.75) is 12.8 Å². The Morgan fingerprint density at radius 2 is 2.00 bits per heavy atom. The standard InChI is InChI=1S/C12H12Cl2O3S/c13-10-2-1-8(5-11(10)14)6-12(15)9-3-4-18(16,17)7-9/h1-2,5,9H,3-4,6-7H2. The van der Waals surface area contributed by atoms with Crippen LogP contribution in [0.25, 0.3) is 0 Å². The average molecular weight is 307 g/mol. The van der Waals surface area contributed by atoms with Gasteiger partial charge in [-0.05, 0) is 24.1 Å². The molecular formula is C12H12Cl2O3S. The van der Waals surface area contributed by atoms with Crippen molar-refractivity contribution in [1.29, 1.82) is 0 Å². The van der Waals surface area contributed by atoms with Crippen LogP contribution in [0.1, 0.15) is 12.0 Å². The van der Waals surface area contributed by atoms with Gasteiger partial charge in [0.25, 0.3) is 0 Å². The number of halogens is 2. The molecule has 1 aliphatic heterocycles. The Labute approximate surface area is 116 Å². The van der Waals surface area contributed by atoms with Crippen molar-refractivity contribution in [3.05, 3.63) is 33.8 Å². The summed E-state index contributed by atoms with van der Waals surface area (Å²) in [6.07, 6.45) is 0.638. The predicted molar refractivity (Wildman–Crippen MR) is 71.9 cm³/mol. The Balaban J connectivity index is 2.06. The highest BCUT2D eigenvalue weighted by Crippen LogP contribution is 2.25. The zero-order valence-electron chi connectivity index (χ0n) is 9.53. The number of ketones is 1. The van der Waals surface area contributed by atoms with Crippen molar-refractivity contribution in [2.75, 3.05) is 11.5 Å². The maximum absolute atomic E-state index is 12.0. The van der Waals surface area contributed by atoms with Gasteiger partial charge in [0.05, 0.1) is 21.6 Å². The number of rotatable bonds is 3. The van der Waals surface area contributed by atoms with Gasteiger partial charge in [-0.3, -0.25) is 4.79 Å². The van der Waals surface area contributed by atoms with E-state index in [4.69, 9.17) is 23.2 Å². The fourth-order valence-corrected chi connectivity index (χ4v) is 4.14. The molecule has 0 bridgehead atoms. The quantitative estimate of drug-likeness (QED) is 0.862. The minimum Gasteiger partial charge on any atom is -0.299 e. The zero-order valence-corrected chi connectivity index (χ0v) is 11.9. The van der Waals surface area contributed by atoms with Crippen LogP contribution in [0.3, 0.4) is 0 Å². The summed E-state index contributed by atoms with van der Waals surface area (Å²) in [6.45, 7) is 0. The number of carbonyl (C=O) groups is 1. The number of Topliss-reactive ketones (excluding diaryl/α,β-unsaturated/α-hetero) is 1. The van der Waals surface area contributed by atoms with E-state index in [1.807, 2.05) is 0 Å². The van der Waals surface area contributed by atoms with Gasteiger partial charge in [-0.15, -0.1) is 0 Å². The minimum atomic E-state index is -3.02. The Morgan fingerprint density at radius 1 is 1.28 bits per heavy atom. The molecule has 6 heteroatoms. The molecule has 0 saturated carbocycles. The second kappa shape index (κ2) is 5.19. The molecule has 1 heterocycles. The fourth-order valence-electron chi connectivity index (χ4n) is 2.04. The molecule has 3 nitrogen and oxygen atoms in total. The largest absolute Gasteiger partial charge is 0.299 e. The van der Waals surface area contributed by atoms with E-state index >= 15 is 0 Å². The van der Waals surface area contributed by atoms with Crippen LogP contribution in [-0.2, 0) is 21.1 Å². The predicted octanol–water partition coefficient (Wildman–Crippen LogP) is 2.54. The molecule has 0 N–H and O–H groups in total. The first-order chi connectivity index (χ1) is 8.37. The van der Waals surface area contributed by atoms with Crippen LogP contribution >= 0.6 is 23.2 Å². The van der Waals surface area contributed by atoms with E-state index in [0.29, 0.717) is 16.5 Å². The van der Waals surface area contributed by atoms with Crippen molar-refractivity contribution in [3.63, 3.8) is 0 Å². The fraction of sp³-hybridized carbons (Fsp3) is 0.417. The number of carbonyl (C=O) groups excluding carboxylic acids is 1. The molecule has 1 atom stereocenters. The molecule has 1 fully saturated rings. The van der Waals surface area contributed by atoms with E-state index in [9.17, 15) is 13.2 Å². The van der Waals surface area contributed by atoms with Gasteiger partial charge in [-0.25, -0.2) is 8.42 Å². The van der Waals surface area contributed by atoms with Crippen LogP contribution in [0.4, 0.5) is 0 Å². The molecule has 0 aliphatic carbocycles. The summed E-state index contributed by atoms with van der Waals surface area (Å²) in [7, 11) is -3.02. The van der Waals surface area contributed by atoms with Crippen LogP contribution in [-0.4, -0.2) is 25.7 Å². The van der Waals surface area contributed by atoms with Gasteiger partial charge < -0.3 is 0 Å². The van der Waals surface area contributed by atoms with E-state index in [1.165, 1.54) is 0 Å². The topological polar surface area (TPSA) is 51.2 Å². The van der Waals surface area contributed by atoms with Gasteiger partial charge in [0, 0.05) is 12.3 Å². The summed E-state index contributed by atoms with van der Waals surface area (Å²) < 4.78 is 22.6. The Morgan fingerprint density at radius 3 is 2.56 bits per heavy atom. The first-order valence-corrected chi connectivity index (χ1v) is 8.12. The highest BCUT2D eigenvalue weighted by Gasteiger charge is 2.32. The van der Waals surface area contributed by atoms with E-state index in [-0.39, 0.29) is 29.6 Å². The Kier molecular flexibility index (Phi) is 3.99. The van der Waals surface area contributed by atoms with Crippen LogP contribution in [0, 0.1) is 5.92 Å². The minimum absolute atomic E-state index is 0.0207. The third kappa shape index (κ3) is 3.25. The molecule has 0 spiro atoms. The summed E-state index contributed by atoms with van der Waals surface area (Å²) >= 11 is 11.6. The maximum atomic E-state index is 12.0. The highest BCUT2D eigenvalue weighted by atomic mass is 35.5. The average Bonchev–Trinajstić information content (AvgIpc) is 2.64. The van der Waals surface area contributed by atoms with Crippen molar-refractivity contribution >= 4 is 38.8 Å². The van der Waals surface area contributed by atoms with E-state index in [2.05, 4.69) is 0 Å². The van der Waals surface area contributed by atoms with Crippen LogP contribution in [0.2, 0.25) is 10.0 Å². The summed E-state index contributed by atoms with van der Waals surface area (Å²) in [4.78, 5) is 12.0. The first kappa shape index (κ1) is 13.8. The lowest BCUT2D eigenvalue weighted by atomic mass is 9.97. The van der Waals surface area contributed by atoms with E-state index in [0.717, 1.165) is 5.56 Å². The molecule has 0 aromatic heterocycles. The van der Waals surface area contributed by atoms with Gasteiger partial charge in [0.2, 0.25) is 0 Å². The molecular weight excluding hydrogens is 295 g/mol. The van der Waals surface area contributed by atoms with Crippen molar-refractivity contribution < 1.29 is 13.2 Å². The zero-order chi connectivity index (χ0) is 13.3. The Hall–Kier alpha value is -0.580. The van der Waals surface area contributed by atoms with Crippen LogP contribution in [0.15, 0.2) is 18.2 Å². The monoisotopic (exact) mass is 306 g/mol. The number of sulfone groups is 1. The van der Waals surface area contributed by atoms with Gasteiger partial charge >= 0.3 is 0 Å². The summed E-state index contributed by atoms with van der Waals surface area (Å²) in [5, 5.41) is 0.845. The Bertz CT molecular complexity index is 581. The SMILES string of the molecule is O=C(Cc1ccc(Cl)c(Cl)c1)C1CCS(=O)(=O)C1. The molecule has 1 saturated heterocycles. The second-order valence-corrected chi connectivity index (χ2v) is 7.53. The van der Waals surface area contributed by atoms with E-state index < -0.39 is 9.84 Å². The highest BCUT2D eigenvalue weighted by molar-refractivity contribution is 7.91. The molecule has 2 rings (SSSR count). The second-order valence-electron chi connectivity index (χ2n) is 4.49. The first-order valence-electron chi connectivity index (χ1n) is 5.54. The lowest BCUT2D eigenvalue weighted by Gasteiger charge is -2.07. The summed E-state index contributed by atoms with van der Waals surface area (Å²) in [6, 6.07) is 5.01. The number of hydrogen-bond donors (Lipinski definition) is 0. The molecule has 0 amide bonds. The third-order valence-corrected chi connectivity index (χ3v) is 5.56.